The summed E-state index contributed by atoms with van der Waals surface area (Å²) in [5, 5.41) is 90.3. The number of aliphatic hydroxyl groups is 1. The van der Waals surface area contributed by atoms with Gasteiger partial charge in [0.05, 0.1) is 39.2 Å². The molecule has 0 bridgehead atoms. The number of primary amides is 1. The number of phenolic OH excluding ortho intramolecular Hbond substituents is 2. The van der Waals surface area contributed by atoms with Gasteiger partial charge in [-0.25, -0.2) is 4.79 Å². The molecule has 3 aliphatic heterocycles. The van der Waals surface area contributed by atoms with Gasteiger partial charge in [0.2, 0.25) is 118 Å². The standard InChI is InChI=1S/C95H152N26O25/c1-11-53(8)78(118-87(138)64(41-51(4)5)113-84(135)63(40-50(2)3)112-83(134)62(21-13-15-35-97)110-89(140)70-24-18-38-120(70)92(143)55(10)107-82(133)61(20-12-14-34-96)108-73(126)45-98)91(142)115-65(42-56-26-30-58(123)31-27-56)81(132)103-46-74(127)106-54(9)79(130)111-67(44-72(99)125)86(137)114-66(43-57-28-32-59(124)33-29-57)85(136)109-60(22-16-36-102-95(100)101)80(131)105-48-76(129)119-37-17-23-69(119)88(139)104-47-75(128)117-77(52(6)7)93(144)121-39-19-25-71(121)90(141)116-68(49-122)94(145)146/h26-33,50-55,60-71,77-78,122-124H,11-25,34-49,96-98H2,1-10H3,(H2,99,125)(H,103,132)(H,104,139)(H,105,131)(H,106,127)(H,107,133)(H,108,126)(H,109,136)(H,110,140)(H,111,130)(H,112,134)(H,113,135)(H,114,137)(H,115,142)(H,116,141)(H,117,128)(H,118,138)(H,145,146)(H4,100,101,102)/t53-,54-,55-,60-,61-,62-,63-,64-,65-,66-,67-,68-,69-,70-,71-,77-,78-/m0/s1. The SMILES string of the molecule is CC[C@H](C)[C@H](NC(=O)[C@H](CC(C)C)NC(=O)[C@H](CC(C)C)NC(=O)[C@H](CCCCN)NC(=O)[C@@H]1CCCN1C(=O)[C@H](C)NC(=O)[C@H](CCCCN)NC(=O)CN)C(=O)N[C@@H](Cc1ccc(O)cc1)C(=O)NCC(=O)N[C@@H](C)C(=O)N[C@@H](CC(N)=O)C(=O)N[C@@H](Cc1ccc(O)cc1)C(=O)N[C@@H](CCCNC(=N)N)C(=O)NCC(=O)N1CCC[C@H]1C(=O)NCC(=O)N[C@H](C(=O)N1CCC[C@H]1C(=O)N[C@@H](CO)C(=O)O)C(C)C. The number of guanidine groups is 1. The number of phenols is 2. The summed E-state index contributed by atoms with van der Waals surface area (Å²) in [6.45, 7) is 13.5. The average Bonchev–Trinajstić information content (AvgIpc) is 1.65. The van der Waals surface area contributed by atoms with Gasteiger partial charge in [0, 0.05) is 39.0 Å². The van der Waals surface area contributed by atoms with E-state index in [1.54, 1.807) is 55.4 Å². The minimum absolute atomic E-state index is 0.00806. The predicted octanol–water partition coefficient (Wildman–Crippen LogP) is -7.23. The fourth-order valence-electron chi connectivity index (χ4n) is 16.7. The van der Waals surface area contributed by atoms with Gasteiger partial charge in [0.1, 0.15) is 108 Å². The summed E-state index contributed by atoms with van der Waals surface area (Å²) in [5.74, 6) is -21.3. The molecule has 17 atom stereocenters. The number of carbonyl (C=O) groups is 21. The Morgan fingerprint density at radius 1 is 0.397 bits per heavy atom. The Kier molecular flexibility index (Phi) is 52.0. The van der Waals surface area contributed by atoms with Crippen LogP contribution in [0.5, 0.6) is 11.5 Å². The highest BCUT2D eigenvalue weighted by molar-refractivity contribution is 6.02. The highest BCUT2D eigenvalue weighted by Crippen LogP contribution is 2.25. The Balaban J connectivity index is 1.27. The third-order valence-electron chi connectivity index (χ3n) is 24.9. The number of amides is 20. The van der Waals surface area contributed by atoms with E-state index >= 15 is 0 Å². The molecule has 146 heavy (non-hydrogen) atoms. The van der Waals surface area contributed by atoms with Gasteiger partial charge in [0.15, 0.2) is 5.96 Å². The molecule has 3 fully saturated rings. The van der Waals surface area contributed by atoms with E-state index in [4.69, 9.17) is 34.1 Å². The molecule has 51 heteroatoms. The van der Waals surface area contributed by atoms with E-state index in [-0.39, 0.29) is 133 Å². The van der Waals surface area contributed by atoms with Gasteiger partial charge in [-0.05, 0) is 189 Å². The number of carbonyl (C=O) groups excluding carboxylic acids is 20. The van der Waals surface area contributed by atoms with Gasteiger partial charge >= 0.3 is 5.97 Å². The van der Waals surface area contributed by atoms with Crippen molar-refractivity contribution in [1.82, 2.24) is 105 Å². The van der Waals surface area contributed by atoms with Crippen molar-refractivity contribution in [2.24, 2.45) is 52.3 Å². The van der Waals surface area contributed by atoms with Crippen LogP contribution in [0.2, 0.25) is 0 Å². The van der Waals surface area contributed by atoms with Crippen LogP contribution in [-0.4, -0.2) is 334 Å². The third-order valence-corrected chi connectivity index (χ3v) is 24.9. The van der Waals surface area contributed by atoms with Crippen molar-refractivity contribution >= 4 is 130 Å². The maximum absolute atomic E-state index is 14.8. The van der Waals surface area contributed by atoms with E-state index in [1.165, 1.54) is 65.3 Å². The van der Waals surface area contributed by atoms with E-state index in [9.17, 15) is 121 Å². The lowest BCUT2D eigenvalue weighted by atomic mass is 9.95. The second kappa shape index (κ2) is 62.0. The minimum atomic E-state index is -1.90. The lowest BCUT2D eigenvalue weighted by Crippen LogP contribution is -2.61. The number of hydrogen-bond acceptors (Lipinski definition) is 28. The maximum atomic E-state index is 14.8. The number of hydrogen-bond donors (Lipinski definition) is 27. The largest absolute Gasteiger partial charge is 0.508 e. The van der Waals surface area contributed by atoms with Crippen LogP contribution in [0, 0.1) is 29.1 Å². The average molecular weight is 2060 g/mol. The van der Waals surface area contributed by atoms with Crippen molar-refractivity contribution < 1.29 is 121 Å². The summed E-state index contributed by atoms with van der Waals surface area (Å²) in [6, 6.07) is -11.2. The van der Waals surface area contributed by atoms with Crippen LogP contribution in [0.4, 0.5) is 0 Å². The number of nitrogens with one attached hydrogen (secondary N) is 18. The number of aromatic hydroxyl groups is 2. The number of likely N-dealkylation sites (tertiary alicyclic amines) is 3. The lowest BCUT2D eigenvalue weighted by molar-refractivity contribution is -0.146. The van der Waals surface area contributed by atoms with Crippen LogP contribution >= 0.6 is 0 Å². The summed E-state index contributed by atoms with van der Waals surface area (Å²) in [6.07, 6.45) is 2.10. The van der Waals surface area contributed by atoms with Gasteiger partial charge in [-0.1, -0.05) is 86.1 Å². The number of aliphatic carboxylic acids is 1. The molecular formula is C95H152N26O25. The number of benzene rings is 2. The van der Waals surface area contributed by atoms with E-state index in [0.717, 1.165) is 11.8 Å². The first-order valence-electron chi connectivity index (χ1n) is 49.6. The van der Waals surface area contributed by atoms with Crippen molar-refractivity contribution in [3.8, 4) is 11.5 Å². The molecule has 0 aliphatic carbocycles. The first-order valence-corrected chi connectivity index (χ1v) is 49.6. The fraction of sp³-hybridized carbons (Fsp3) is 0.642. The number of nitrogens with two attached hydrogens (primary N) is 5. The van der Waals surface area contributed by atoms with E-state index in [1.807, 2.05) is 0 Å². The molecule has 812 valence electrons. The molecule has 2 aromatic rings. The highest BCUT2D eigenvalue weighted by Gasteiger charge is 2.45. The summed E-state index contributed by atoms with van der Waals surface area (Å²) in [7, 11) is 0. The monoisotopic (exact) mass is 2060 g/mol. The van der Waals surface area contributed by atoms with Crippen molar-refractivity contribution in [2.45, 2.75) is 294 Å². The summed E-state index contributed by atoms with van der Waals surface area (Å²) < 4.78 is 0. The van der Waals surface area contributed by atoms with Crippen LogP contribution < -0.4 is 119 Å². The smallest absolute Gasteiger partial charge is 0.328 e. The van der Waals surface area contributed by atoms with Crippen LogP contribution in [0.1, 0.15) is 196 Å². The second-order valence-corrected chi connectivity index (χ2v) is 38.0. The summed E-state index contributed by atoms with van der Waals surface area (Å²) >= 11 is 0. The summed E-state index contributed by atoms with van der Waals surface area (Å²) in [4.78, 5) is 295. The number of carboxylic acids is 1. The molecule has 0 saturated carbocycles. The van der Waals surface area contributed by atoms with Crippen molar-refractivity contribution in [2.75, 3.05) is 72.1 Å². The number of carboxylic acid groups (broad SMARTS) is 1. The number of nitrogens with zero attached hydrogens (tertiary/aromatic N) is 3. The normalized spacial score (nSPS) is 17.2. The molecule has 0 spiro atoms. The highest BCUT2D eigenvalue weighted by atomic mass is 16.4. The molecule has 2 aromatic carbocycles. The first-order chi connectivity index (χ1) is 69.0. The van der Waals surface area contributed by atoms with E-state index in [0.29, 0.717) is 62.6 Å². The minimum Gasteiger partial charge on any atom is -0.508 e. The lowest BCUT2D eigenvalue weighted by Gasteiger charge is -2.31. The quantitative estimate of drug-likeness (QED) is 0.0166. The zero-order valence-electron chi connectivity index (χ0n) is 84.7. The molecule has 20 amide bonds. The topological polar surface area (TPSA) is 808 Å². The van der Waals surface area contributed by atoms with Crippen molar-refractivity contribution in [3.63, 3.8) is 0 Å². The number of unbranched alkanes of at least 4 members (excludes halogenated alkanes) is 2. The van der Waals surface area contributed by atoms with Crippen molar-refractivity contribution in [1.29, 1.82) is 5.41 Å². The molecule has 3 heterocycles. The molecule has 5 rings (SSSR count). The fourth-order valence-corrected chi connectivity index (χ4v) is 16.7. The molecule has 3 saturated heterocycles. The molecule has 0 radical (unpaired) electrons. The number of aliphatic hydroxyl groups excluding tert-OH is 1. The van der Waals surface area contributed by atoms with Crippen LogP contribution in [-0.2, 0) is 114 Å². The Morgan fingerprint density at radius 3 is 1.30 bits per heavy atom. The van der Waals surface area contributed by atoms with E-state index < -0.39 is 278 Å². The van der Waals surface area contributed by atoms with Crippen molar-refractivity contribution in [3.05, 3.63) is 59.7 Å². The zero-order chi connectivity index (χ0) is 109. The van der Waals surface area contributed by atoms with Gasteiger partial charge in [-0.15, -0.1) is 0 Å². The number of rotatable bonds is 62. The van der Waals surface area contributed by atoms with Gasteiger partial charge < -0.3 is 154 Å². The molecule has 0 unspecified atom stereocenters. The Labute approximate surface area is 847 Å². The van der Waals surface area contributed by atoms with Crippen LogP contribution in [0.3, 0.4) is 0 Å². The van der Waals surface area contributed by atoms with Gasteiger partial charge in [-0.2, -0.15) is 0 Å². The molecule has 0 aromatic heterocycles. The zero-order valence-corrected chi connectivity index (χ0v) is 84.7. The van der Waals surface area contributed by atoms with Crippen LogP contribution in [0.25, 0.3) is 0 Å². The maximum Gasteiger partial charge on any atom is 0.328 e. The molecular weight excluding hydrogens is 1910 g/mol. The first kappa shape index (κ1) is 122. The van der Waals surface area contributed by atoms with Crippen LogP contribution in [0.15, 0.2) is 48.5 Å². The molecule has 3 aliphatic rings. The Bertz CT molecular complexity index is 4820. The second-order valence-electron chi connectivity index (χ2n) is 38.0. The third kappa shape index (κ3) is 40.9. The Morgan fingerprint density at radius 2 is 0.808 bits per heavy atom. The summed E-state index contributed by atoms with van der Waals surface area (Å²) in [5.41, 5.74) is 28.8. The molecule has 32 N–H and O–H groups in total. The van der Waals surface area contributed by atoms with Gasteiger partial charge in [-0.3, -0.25) is 101 Å². The predicted molar refractivity (Wildman–Crippen MR) is 529 cm³/mol. The van der Waals surface area contributed by atoms with Gasteiger partial charge in [0.25, 0.3) is 0 Å². The molecule has 51 nitrogen and oxygen atoms in total. The Hall–Kier alpha value is -14.0. The van der Waals surface area contributed by atoms with E-state index in [2.05, 4.69) is 90.4 Å².